The SMILES string of the molecule is CCC/C=C/[C@@H]1CCCC1=O. The van der Waals surface area contributed by atoms with Gasteiger partial charge in [0.2, 0.25) is 0 Å². The Morgan fingerprint density at radius 3 is 3.00 bits per heavy atom. The Kier molecular flexibility index (Phi) is 3.34. The van der Waals surface area contributed by atoms with Gasteiger partial charge in [0.25, 0.3) is 0 Å². The second kappa shape index (κ2) is 4.32. The van der Waals surface area contributed by atoms with Crippen LogP contribution in [0.3, 0.4) is 0 Å². The van der Waals surface area contributed by atoms with E-state index in [2.05, 4.69) is 19.1 Å². The molecule has 1 saturated carbocycles. The Morgan fingerprint density at radius 2 is 2.45 bits per heavy atom. The number of hydrogen-bond acceptors (Lipinski definition) is 1. The second-order valence-electron chi connectivity index (χ2n) is 3.18. The zero-order valence-corrected chi connectivity index (χ0v) is 7.18. The van der Waals surface area contributed by atoms with Gasteiger partial charge in [0.15, 0.2) is 0 Å². The van der Waals surface area contributed by atoms with Gasteiger partial charge < -0.3 is 0 Å². The van der Waals surface area contributed by atoms with Gasteiger partial charge in [-0.25, -0.2) is 0 Å². The fourth-order valence-electron chi connectivity index (χ4n) is 1.47. The van der Waals surface area contributed by atoms with Crippen molar-refractivity contribution in [2.24, 2.45) is 5.92 Å². The standard InChI is InChI=1S/C10H16O/c1-2-3-4-6-9-7-5-8-10(9)11/h4,6,9H,2-3,5,7-8H2,1H3/b6-4+/t9-/m1/s1. The number of carbonyl (C=O) groups is 1. The first-order valence-corrected chi connectivity index (χ1v) is 4.54. The minimum absolute atomic E-state index is 0.265. The van der Waals surface area contributed by atoms with Crippen molar-refractivity contribution in [3.63, 3.8) is 0 Å². The van der Waals surface area contributed by atoms with Crippen LogP contribution in [0.15, 0.2) is 12.2 Å². The third kappa shape index (κ3) is 2.49. The summed E-state index contributed by atoms with van der Waals surface area (Å²) in [6.45, 7) is 2.15. The smallest absolute Gasteiger partial charge is 0.139 e. The van der Waals surface area contributed by atoms with Gasteiger partial charge in [-0.3, -0.25) is 4.79 Å². The lowest BCUT2D eigenvalue weighted by atomic mass is 10.1. The van der Waals surface area contributed by atoms with E-state index in [1.165, 1.54) is 6.42 Å². The van der Waals surface area contributed by atoms with Crippen LogP contribution in [0.4, 0.5) is 0 Å². The maximum atomic E-state index is 11.1. The minimum Gasteiger partial charge on any atom is -0.299 e. The molecule has 1 aliphatic carbocycles. The molecular weight excluding hydrogens is 136 g/mol. The summed E-state index contributed by atoms with van der Waals surface area (Å²) in [5.74, 6) is 0.707. The van der Waals surface area contributed by atoms with Crippen molar-refractivity contribution < 1.29 is 4.79 Å². The molecule has 1 fully saturated rings. The molecule has 0 heterocycles. The summed E-state index contributed by atoms with van der Waals surface area (Å²) in [6, 6.07) is 0. The maximum Gasteiger partial charge on any atom is 0.139 e. The van der Waals surface area contributed by atoms with E-state index < -0.39 is 0 Å². The molecule has 1 atom stereocenters. The molecule has 0 unspecified atom stereocenters. The van der Waals surface area contributed by atoms with Crippen molar-refractivity contribution in [3.05, 3.63) is 12.2 Å². The normalized spacial score (nSPS) is 25.2. The van der Waals surface area contributed by atoms with E-state index in [9.17, 15) is 4.79 Å². The number of rotatable bonds is 3. The lowest BCUT2D eigenvalue weighted by molar-refractivity contribution is -0.119. The summed E-state index contributed by atoms with van der Waals surface area (Å²) >= 11 is 0. The summed E-state index contributed by atoms with van der Waals surface area (Å²) in [5.41, 5.74) is 0. The van der Waals surface area contributed by atoms with Crippen molar-refractivity contribution in [2.45, 2.75) is 39.0 Å². The van der Waals surface area contributed by atoms with Crippen molar-refractivity contribution in [1.82, 2.24) is 0 Å². The lowest BCUT2D eigenvalue weighted by Crippen LogP contribution is -2.01. The summed E-state index contributed by atoms with van der Waals surface area (Å²) in [6.07, 6.45) is 9.52. The first kappa shape index (κ1) is 8.51. The van der Waals surface area contributed by atoms with Crippen LogP contribution in [0, 0.1) is 5.92 Å². The van der Waals surface area contributed by atoms with Gasteiger partial charge in [0, 0.05) is 12.3 Å². The van der Waals surface area contributed by atoms with Crippen LogP contribution in [0.5, 0.6) is 0 Å². The van der Waals surface area contributed by atoms with E-state index in [1.807, 2.05) is 0 Å². The number of unbranched alkanes of at least 4 members (excludes halogenated alkanes) is 1. The van der Waals surface area contributed by atoms with E-state index in [-0.39, 0.29) is 5.92 Å². The van der Waals surface area contributed by atoms with Crippen LogP contribution in [-0.2, 0) is 4.79 Å². The largest absolute Gasteiger partial charge is 0.299 e. The summed E-state index contributed by atoms with van der Waals surface area (Å²) in [4.78, 5) is 11.1. The number of Topliss-reactive ketones (excluding diaryl/α,β-unsaturated/α-hetero) is 1. The highest BCUT2D eigenvalue weighted by molar-refractivity contribution is 5.84. The van der Waals surface area contributed by atoms with Gasteiger partial charge in [-0.15, -0.1) is 0 Å². The molecule has 1 aliphatic rings. The van der Waals surface area contributed by atoms with Gasteiger partial charge >= 0.3 is 0 Å². The quantitative estimate of drug-likeness (QED) is 0.568. The zero-order chi connectivity index (χ0) is 8.10. The fraction of sp³-hybridized carbons (Fsp3) is 0.700. The van der Waals surface area contributed by atoms with Crippen LogP contribution < -0.4 is 0 Å². The molecule has 62 valence electrons. The Labute approximate surface area is 68.5 Å². The monoisotopic (exact) mass is 152 g/mol. The molecule has 0 spiro atoms. The Morgan fingerprint density at radius 1 is 1.64 bits per heavy atom. The van der Waals surface area contributed by atoms with Crippen molar-refractivity contribution in [1.29, 1.82) is 0 Å². The summed E-state index contributed by atoms with van der Waals surface area (Å²) in [7, 11) is 0. The molecule has 0 aromatic heterocycles. The summed E-state index contributed by atoms with van der Waals surface area (Å²) < 4.78 is 0. The van der Waals surface area contributed by atoms with Crippen molar-refractivity contribution in [3.8, 4) is 0 Å². The second-order valence-corrected chi connectivity index (χ2v) is 3.18. The van der Waals surface area contributed by atoms with Crippen LogP contribution in [0.25, 0.3) is 0 Å². The number of ketones is 1. The molecule has 0 N–H and O–H groups in total. The Balaban J connectivity index is 2.30. The van der Waals surface area contributed by atoms with E-state index in [1.54, 1.807) is 0 Å². The van der Waals surface area contributed by atoms with Gasteiger partial charge in [-0.05, 0) is 19.3 Å². The predicted octanol–water partition coefficient (Wildman–Crippen LogP) is 2.71. The maximum absolute atomic E-state index is 11.1. The fourth-order valence-corrected chi connectivity index (χ4v) is 1.47. The Hall–Kier alpha value is -0.590. The molecule has 0 amide bonds. The molecule has 1 nitrogen and oxygen atoms in total. The van der Waals surface area contributed by atoms with Crippen molar-refractivity contribution in [2.75, 3.05) is 0 Å². The van der Waals surface area contributed by atoms with Gasteiger partial charge in [0.05, 0.1) is 0 Å². The minimum atomic E-state index is 0.265. The third-order valence-electron chi connectivity index (χ3n) is 2.18. The van der Waals surface area contributed by atoms with E-state index >= 15 is 0 Å². The van der Waals surface area contributed by atoms with Gasteiger partial charge in [-0.2, -0.15) is 0 Å². The molecular formula is C10H16O. The predicted molar refractivity (Wildman–Crippen MR) is 46.4 cm³/mol. The number of hydrogen-bond donors (Lipinski definition) is 0. The molecule has 11 heavy (non-hydrogen) atoms. The highest BCUT2D eigenvalue weighted by Crippen LogP contribution is 2.22. The van der Waals surface area contributed by atoms with Crippen molar-refractivity contribution >= 4 is 5.78 Å². The molecule has 1 rings (SSSR count). The molecule has 0 saturated heterocycles. The Bertz CT molecular complexity index is 158. The topological polar surface area (TPSA) is 17.1 Å². The highest BCUT2D eigenvalue weighted by atomic mass is 16.1. The third-order valence-corrected chi connectivity index (χ3v) is 2.18. The van der Waals surface area contributed by atoms with Gasteiger partial charge in [0.1, 0.15) is 5.78 Å². The number of carbonyl (C=O) groups excluding carboxylic acids is 1. The molecule has 0 bridgehead atoms. The molecule has 0 aromatic carbocycles. The van der Waals surface area contributed by atoms with Crippen LogP contribution in [-0.4, -0.2) is 5.78 Å². The first-order valence-electron chi connectivity index (χ1n) is 4.54. The van der Waals surface area contributed by atoms with Crippen LogP contribution >= 0.6 is 0 Å². The molecule has 1 heteroatoms. The summed E-state index contributed by atoms with van der Waals surface area (Å²) in [5, 5.41) is 0. The van der Waals surface area contributed by atoms with E-state index in [4.69, 9.17) is 0 Å². The zero-order valence-electron chi connectivity index (χ0n) is 7.18. The molecule has 0 aliphatic heterocycles. The average Bonchev–Trinajstić information content (AvgIpc) is 2.37. The first-order chi connectivity index (χ1) is 5.34. The molecule has 0 aromatic rings. The lowest BCUT2D eigenvalue weighted by Gasteiger charge is -1.97. The average molecular weight is 152 g/mol. The van der Waals surface area contributed by atoms with Gasteiger partial charge in [-0.1, -0.05) is 25.5 Å². The van der Waals surface area contributed by atoms with E-state index in [0.717, 1.165) is 25.7 Å². The van der Waals surface area contributed by atoms with Crippen LogP contribution in [0.2, 0.25) is 0 Å². The molecule has 0 radical (unpaired) electrons. The van der Waals surface area contributed by atoms with Crippen LogP contribution in [0.1, 0.15) is 39.0 Å². The number of allylic oxidation sites excluding steroid dienone is 2. The van der Waals surface area contributed by atoms with E-state index in [0.29, 0.717) is 5.78 Å². The highest BCUT2D eigenvalue weighted by Gasteiger charge is 2.20.